The second-order valence-corrected chi connectivity index (χ2v) is 5.46. The average molecular weight is 238 g/mol. The molecular formula is C13H22N2S. The van der Waals surface area contributed by atoms with Crippen molar-refractivity contribution >= 4 is 16.8 Å². The van der Waals surface area contributed by atoms with E-state index in [4.69, 9.17) is 0 Å². The molecule has 0 aromatic heterocycles. The van der Waals surface area contributed by atoms with Crippen LogP contribution in [0.1, 0.15) is 20.3 Å². The van der Waals surface area contributed by atoms with Crippen LogP contribution in [0.3, 0.4) is 0 Å². The lowest BCUT2D eigenvalue weighted by Gasteiger charge is -2.23. The van der Waals surface area contributed by atoms with Crippen molar-refractivity contribution in [3.63, 3.8) is 0 Å². The van der Waals surface area contributed by atoms with Gasteiger partial charge in [0.1, 0.15) is 0 Å². The summed E-state index contributed by atoms with van der Waals surface area (Å²) in [6.07, 6.45) is 9.76. The zero-order valence-corrected chi connectivity index (χ0v) is 11.5. The Labute approximate surface area is 104 Å². The van der Waals surface area contributed by atoms with Gasteiger partial charge in [0.15, 0.2) is 0 Å². The number of hydrogen-bond acceptors (Lipinski definition) is 3. The molecule has 0 radical (unpaired) electrons. The molecule has 0 aliphatic carbocycles. The van der Waals surface area contributed by atoms with Crippen LogP contribution in [0.15, 0.2) is 29.3 Å². The number of rotatable bonds is 3. The van der Waals surface area contributed by atoms with E-state index in [-0.39, 0.29) is 0 Å². The number of aliphatic imine (C=N–C) groups is 1. The van der Waals surface area contributed by atoms with E-state index < -0.39 is 0 Å². The maximum absolute atomic E-state index is 4.67. The largest absolute Gasteiger partial charge is 0.301 e. The van der Waals surface area contributed by atoms with Gasteiger partial charge in [0.2, 0.25) is 0 Å². The molecule has 1 rings (SSSR count). The first kappa shape index (κ1) is 13.5. The summed E-state index contributed by atoms with van der Waals surface area (Å²) in [6.45, 7) is 5.23. The fourth-order valence-electron chi connectivity index (χ4n) is 1.37. The Hall–Kier alpha value is -0.540. The van der Waals surface area contributed by atoms with Crippen molar-refractivity contribution in [2.45, 2.75) is 31.6 Å². The highest BCUT2D eigenvalue weighted by Gasteiger charge is 2.16. The highest BCUT2D eigenvalue weighted by Crippen LogP contribution is 2.22. The van der Waals surface area contributed by atoms with Crippen LogP contribution in [0, 0.1) is 0 Å². The van der Waals surface area contributed by atoms with Gasteiger partial charge in [0, 0.05) is 5.25 Å². The van der Waals surface area contributed by atoms with Gasteiger partial charge in [-0.15, -0.1) is 11.8 Å². The first-order valence-corrected chi connectivity index (χ1v) is 6.73. The van der Waals surface area contributed by atoms with Crippen LogP contribution in [0.25, 0.3) is 0 Å². The van der Waals surface area contributed by atoms with Crippen molar-refractivity contribution in [1.29, 1.82) is 0 Å². The molecule has 16 heavy (non-hydrogen) atoms. The van der Waals surface area contributed by atoms with Crippen molar-refractivity contribution in [3.05, 3.63) is 24.3 Å². The van der Waals surface area contributed by atoms with Gasteiger partial charge < -0.3 is 4.90 Å². The molecule has 2 nitrogen and oxygen atoms in total. The van der Waals surface area contributed by atoms with E-state index >= 15 is 0 Å². The minimum Gasteiger partial charge on any atom is -0.301 e. The zero-order chi connectivity index (χ0) is 12.0. The van der Waals surface area contributed by atoms with Crippen molar-refractivity contribution in [2.75, 3.05) is 20.6 Å². The lowest BCUT2D eigenvalue weighted by molar-refractivity contribution is 0.384. The van der Waals surface area contributed by atoms with Gasteiger partial charge in [0.05, 0.1) is 17.6 Å². The van der Waals surface area contributed by atoms with Crippen molar-refractivity contribution in [1.82, 2.24) is 4.90 Å². The van der Waals surface area contributed by atoms with E-state index in [1.165, 1.54) is 5.04 Å². The zero-order valence-electron chi connectivity index (χ0n) is 10.7. The van der Waals surface area contributed by atoms with Gasteiger partial charge in [-0.2, -0.15) is 0 Å². The maximum Gasteiger partial charge on any atom is 0.0854 e. The molecule has 1 aliphatic rings. The standard InChI is InChI=1S/C13H22N2S/c1-5-12-9-7-6-8-10-14-13(16-12)11(2)15(3)4/h6-9,11-12H,5,10H2,1-4H3/b8-6-,9-7-,14-13?. The molecular weight excluding hydrogens is 216 g/mol. The Kier molecular flexibility index (Phi) is 5.85. The van der Waals surface area contributed by atoms with Gasteiger partial charge in [-0.05, 0) is 27.4 Å². The average Bonchev–Trinajstić information content (AvgIpc) is 2.38. The Balaban J connectivity index is 2.80. The van der Waals surface area contributed by atoms with Crippen molar-refractivity contribution in [3.8, 4) is 0 Å². The Bertz CT molecular complexity index is 292. The van der Waals surface area contributed by atoms with Crippen LogP contribution in [-0.2, 0) is 0 Å². The smallest absolute Gasteiger partial charge is 0.0854 e. The van der Waals surface area contributed by atoms with Crippen LogP contribution in [0.2, 0.25) is 0 Å². The molecule has 0 saturated carbocycles. The molecule has 1 heterocycles. The molecule has 0 N–H and O–H groups in total. The first-order valence-electron chi connectivity index (χ1n) is 5.86. The van der Waals surface area contributed by atoms with E-state index in [2.05, 4.69) is 62.1 Å². The van der Waals surface area contributed by atoms with E-state index in [1.807, 2.05) is 11.8 Å². The molecule has 0 spiro atoms. The fourth-order valence-corrected chi connectivity index (χ4v) is 2.58. The summed E-state index contributed by atoms with van der Waals surface area (Å²) in [6, 6.07) is 0.402. The molecule has 0 bridgehead atoms. The van der Waals surface area contributed by atoms with Gasteiger partial charge >= 0.3 is 0 Å². The number of nitrogens with zero attached hydrogens (tertiary/aromatic N) is 2. The number of allylic oxidation sites excluding steroid dienone is 2. The molecule has 0 fully saturated rings. The van der Waals surface area contributed by atoms with E-state index in [9.17, 15) is 0 Å². The summed E-state index contributed by atoms with van der Waals surface area (Å²) in [4.78, 5) is 6.89. The van der Waals surface area contributed by atoms with E-state index in [0.717, 1.165) is 13.0 Å². The van der Waals surface area contributed by atoms with Crippen LogP contribution in [-0.4, -0.2) is 41.9 Å². The Morgan fingerprint density at radius 1 is 1.50 bits per heavy atom. The minimum absolute atomic E-state index is 0.402. The minimum atomic E-state index is 0.402. The third-order valence-electron chi connectivity index (χ3n) is 2.73. The summed E-state index contributed by atoms with van der Waals surface area (Å²) in [5.41, 5.74) is 0. The summed E-state index contributed by atoms with van der Waals surface area (Å²) >= 11 is 1.90. The SMILES string of the molecule is CCC1/C=C\C=C/CN=C(C(C)N(C)C)S1. The third-order valence-corrected chi connectivity index (χ3v) is 4.24. The number of thioether (sulfide) groups is 1. The normalized spacial score (nSPS) is 27.6. The maximum atomic E-state index is 4.67. The monoisotopic (exact) mass is 238 g/mol. The molecule has 0 saturated heterocycles. The topological polar surface area (TPSA) is 15.6 Å². The van der Waals surface area contributed by atoms with Crippen LogP contribution >= 0.6 is 11.8 Å². The molecule has 0 aromatic rings. The van der Waals surface area contributed by atoms with Crippen LogP contribution in [0.5, 0.6) is 0 Å². The van der Waals surface area contributed by atoms with Gasteiger partial charge in [-0.3, -0.25) is 4.99 Å². The quantitative estimate of drug-likeness (QED) is 0.751. The fraction of sp³-hybridized carbons (Fsp3) is 0.615. The molecule has 2 unspecified atom stereocenters. The summed E-state index contributed by atoms with van der Waals surface area (Å²) < 4.78 is 0. The highest BCUT2D eigenvalue weighted by molar-refractivity contribution is 8.14. The Morgan fingerprint density at radius 2 is 2.25 bits per heavy atom. The molecule has 3 heteroatoms. The summed E-state index contributed by atoms with van der Waals surface area (Å²) in [5, 5.41) is 1.79. The van der Waals surface area contributed by atoms with Gasteiger partial charge in [-0.25, -0.2) is 0 Å². The third kappa shape index (κ3) is 4.14. The van der Waals surface area contributed by atoms with Gasteiger partial charge in [0.25, 0.3) is 0 Å². The number of hydrogen-bond donors (Lipinski definition) is 0. The molecule has 0 amide bonds. The Morgan fingerprint density at radius 3 is 2.88 bits per heavy atom. The highest BCUT2D eigenvalue weighted by atomic mass is 32.2. The van der Waals surface area contributed by atoms with Gasteiger partial charge in [-0.1, -0.05) is 31.2 Å². The molecule has 0 aromatic carbocycles. The second-order valence-electron chi connectivity index (χ2n) is 4.20. The van der Waals surface area contributed by atoms with Crippen molar-refractivity contribution < 1.29 is 0 Å². The van der Waals surface area contributed by atoms with E-state index in [0.29, 0.717) is 11.3 Å². The predicted octanol–water partition coefficient (Wildman–Crippen LogP) is 2.97. The lowest BCUT2D eigenvalue weighted by atomic mass is 10.3. The summed E-state index contributed by atoms with van der Waals surface area (Å²) in [5.74, 6) is 0. The van der Waals surface area contributed by atoms with Crippen LogP contribution in [0.4, 0.5) is 0 Å². The van der Waals surface area contributed by atoms with Crippen molar-refractivity contribution in [2.24, 2.45) is 4.99 Å². The van der Waals surface area contributed by atoms with E-state index in [1.54, 1.807) is 0 Å². The summed E-state index contributed by atoms with van der Waals surface area (Å²) in [7, 11) is 4.21. The van der Waals surface area contributed by atoms with Crippen LogP contribution < -0.4 is 0 Å². The molecule has 90 valence electrons. The molecule has 2 atom stereocenters. The lowest BCUT2D eigenvalue weighted by Crippen LogP contribution is -2.32. The molecule has 1 aliphatic heterocycles. The predicted molar refractivity (Wildman–Crippen MR) is 75.4 cm³/mol. The first-order chi connectivity index (χ1) is 7.65. The second kappa shape index (κ2) is 6.92.